The standard InChI is InChI=1S/C18H28N4O.HI/c1-21-13-10-19-18(21)20-14-17(22-11-4-3-5-12-22)15-6-8-16(23-2)9-7-15;/h6-9,17H,3-5,10-14H2,1-2H3,(H,19,20);1H. The number of piperidine rings is 1. The Hall–Kier alpha value is -1.02. The molecule has 2 aliphatic heterocycles. The van der Waals surface area contributed by atoms with Crippen molar-refractivity contribution >= 4 is 29.9 Å². The Balaban J connectivity index is 0.00000208. The number of likely N-dealkylation sites (tertiary alicyclic amines) is 1. The van der Waals surface area contributed by atoms with E-state index in [0.29, 0.717) is 6.04 Å². The van der Waals surface area contributed by atoms with E-state index in [1.165, 1.54) is 37.9 Å². The van der Waals surface area contributed by atoms with Crippen LogP contribution in [0.3, 0.4) is 0 Å². The van der Waals surface area contributed by atoms with E-state index in [2.05, 4.69) is 51.4 Å². The first-order valence-corrected chi connectivity index (χ1v) is 8.65. The summed E-state index contributed by atoms with van der Waals surface area (Å²) in [5.41, 5.74) is 1.35. The number of likely N-dealkylation sites (N-methyl/N-ethyl adjacent to an activating group) is 1. The number of guanidine groups is 1. The number of ether oxygens (including phenoxy) is 1. The van der Waals surface area contributed by atoms with E-state index in [1.807, 2.05) is 0 Å². The van der Waals surface area contributed by atoms with Gasteiger partial charge in [-0.15, -0.1) is 24.0 Å². The van der Waals surface area contributed by atoms with Crippen molar-refractivity contribution in [1.29, 1.82) is 0 Å². The first-order valence-electron chi connectivity index (χ1n) is 8.65. The van der Waals surface area contributed by atoms with Gasteiger partial charge in [-0.25, -0.2) is 0 Å². The molecule has 0 radical (unpaired) electrons. The van der Waals surface area contributed by atoms with Gasteiger partial charge in [0.25, 0.3) is 0 Å². The summed E-state index contributed by atoms with van der Waals surface area (Å²) in [5, 5.41) is 3.56. The van der Waals surface area contributed by atoms with Crippen LogP contribution in [-0.4, -0.2) is 62.6 Å². The first kappa shape index (κ1) is 19.3. The van der Waals surface area contributed by atoms with E-state index in [-0.39, 0.29) is 24.0 Å². The van der Waals surface area contributed by atoms with Gasteiger partial charge in [0.05, 0.1) is 19.7 Å². The second-order valence-electron chi connectivity index (χ2n) is 6.39. The molecule has 1 saturated heterocycles. The van der Waals surface area contributed by atoms with Crippen LogP contribution in [0.2, 0.25) is 0 Å². The van der Waals surface area contributed by atoms with Crippen molar-refractivity contribution in [3.63, 3.8) is 0 Å². The minimum absolute atomic E-state index is 0. The Labute approximate surface area is 162 Å². The molecule has 24 heavy (non-hydrogen) atoms. The van der Waals surface area contributed by atoms with Crippen molar-refractivity contribution in [2.45, 2.75) is 25.3 Å². The number of hydrogen-bond donors (Lipinski definition) is 1. The number of hydrogen-bond acceptors (Lipinski definition) is 5. The van der Waals surface area contributed by atoms with Crippen LogP contribution in [0, 0.1) is 0 Å². The number of halogens is 1. The largest absolute Gasteiger partial charge is 0.497 e. The third-order valence-corrected chi connectivity index (χ3v) is 4.84. The fourth-order valence-electron chi connectivity index (χ4n) is 3.43. The van der Waals surface area contributed by atoms with E-state index >= 15 is 0 Å². The predicted octanol–water partition coefficient (Wildman–Crippen LogP) is 2.73. The van der Waals surface area contributed by atoms with Gasteiger partial charge in [-0.1, -0.05) is 18.6 Å². The van der Waals surface area contributed by atoms with Crippen LogP contribution in [0.15, 0.2) is 29.3 Å². The monoisotopic (exact) mass is 444 g/mol. The van der Waals surface area contributed by atoms with Crippen molar-refractivity contribution in [3.05, 3.63) is 29.8 Å². The summed E-state index contributed by atoms with van der Waals surface area (Å²) in [5.74, 6) is 1.94. The topological polar surface area (TPSA) is 40.1 Å². The maximum atomic E-state index is 5.29. The summed E-state index contributed by atoms with van der Waals surface area (Å²) in [7, 11) is 3.81. The van der Waals surface area contributed by atoms with Crippen molar-refractivity contribution in [3.8, 4) is 5.75 Å². The molecule has 0 bridgehead atoms. The van der Waals surface area contributed by atoms with Crippen molar-refractivity contribution in [2.24, 2.45) is 4.99 Å². The Morgan fingerprint density at radius 2 is 1.83 bits per heavy atom. The van der Waals surface area contributed by atoms with E-state index in [4.69, 9.17) is 4.74 Å². The molecule has 0 aliphatic carbocycles. The summed E-state index contributed by atoms with van der Waals surface area (Å²) in [6.07, 6.45) is 3.95. The van der Waals surface area contributed by atoms with Gasteiger partial charge in [0.2, 0.25) is 0 Å². The van der Waals surface area contributed by atoms with Gasteiger partial charge in [-0.05, 0) is 43.6 Å². The summed E-state index contributed by atoms with van der Waals surface area (Å²) in [6, 6.07) is 8.90. The van der Waals surface area contributed by atoms with Gasteiger partial charge in [-0.3, -0.25) is 9.89 Å². The molecule has 1 atom stereocenters. The molecule has 1 N–H and O–H groups in total. The second-order valence-corrected chi connectivity index (χ2v) is 6.39. The molecule has 1 aromatic carbocycles. The molecular weight excluding hydrogens is 415 g/mol. The highest BCUT2D eigenvalue weighted by Crippen LogP contribution is 2.26. The molecule has 3 rings (SSSR count). The average molecular weight is 444 g/mol. The summed E-state index contributed by atoms with van der Waals surface area (Å²) in [4.78, 5) is 9.35. The molecule has 5 nitrogen and oxygen atoms in total. The molecule has 0 amide bonds. The van der Waals surface area contributed by atoms with E-state index < -0.39 is 0 Å². The van der Waals surface area contributed by atoms with E-state index in [1.54, 1.807) is 7.11 Å². The van der Waals surface area contributed by atoms with Crippen LogP contribution in [0.25, 0.3) is 0 Å². The lowest BCUT2D eigenvalue weighted by atomic mass is 10.0. The van der Waals surface area contributed by atoms with E-state index in [0.717, 1.165) is 31.3 Å². The molecule has 134 valence electrons. The zero-order valence-electron chi connectivity index (χ0n) is 14.7. The lowest BCUT2D eigenvalue weighted by Gasteiger charge is -2.35. The number of rotatable bonds is 5. The lowest BCUT2D eigenvalue weighted by Crippen LogP contribution is -2.43. The maximum absolute atomic E-state index is 5.29. The molecule has 0 aromatic heterocycles. The fraction of sp³-hybridized carbons (Fsp3) is 0.611. The Bertz CT molecular complexity index is 528. The minimum Gasteiger partial charge on any atom is -0.497 e. The van der Waals surface area contributed by atoms with Gasteiger partial charge in [0.15, 0.2) is 5.96 Å². The third kappa shape index (κ3) is 4.75. The van der Waals surface area contributed by atoms with Gasteiger partial charge in [0, 0.05) is 20.1 Å². The molecule has 1 fully saturated rings. The molecule has 1 unspecified atom stereocenters. The van der Waals surface area contributed by atoms with Crippen molar-refractivity contribution < 1.29 is 4.74 Å². The minimum atomic E-state index is 0. The normalized spacial score (nSPS) is 19.4. The molecule has 2 heterocycles. The van der Waals surface area contributed by atoms with Gasteiger partial charge in [0.1, 0.15) is 5.75 Å². The SMILES string of the molecule is COc1ccc(C(CNC2=NCCN2C)N2CCCCC2)cc1.I. The van der Waals surface area contributed by atoms with Crippen LogP contribution < -0.4 is 10.1 Å². The number of nitrogens with one attached hydrogen (secondary N) is 1. The van der Waals surface area contributed by atoms with Crippen LogP contribution >= 0.6 is 24.0 Å². The molecule has 0 saturated carbocycles. The van der Waals surface area contributed by atoms with E-state index in [9.17, 15) is 0 Å². The van der Waals surface area contributed by atoms with Crippen LogP contribution in [-0.2, 0) is 0 Å². The van der Waals surface area contributed by atoms with Crippen LogP contribution in [0.1, 0.15) is 30.9 Å². The molecular formula is C18H29IN4O. The number of nitrogens with zero attached hydrogens (tertiary/aromatic N) is 3. The quantitative estimate of drug-likeness (QED) is 0.710. The lowest BCUT2D eigenvalue weighted by molar-refractivity contribution is 0.163. The Morgan fingerprint density at radius 1 is 1.12 bits per heavy atom. The van der Waals surface area contributed by atoms with Gasteiger partial charge < -0.3 is 15.0 Å². The zero-order chi connectivity index (χ0) is 16.1. The summed E-state index contributed by atoms with van der Waals surface area (Å²) >= 11 is 0. The Kier molecular flexibility index (Phi) is 7.61. The molecule has 2 aliphatic rings. The smallest absolute Gasteiger partial charge is 0.193 e. The van der Waals surface area contributed by atoms with Gasteiger partial charge >= 0.3 is 0 Å². The van der Waals surface area contributed by atoms with Crippen LogP contribution in [0.5, 0.6) is 5.75 Å². The molecule has 1 aromatic rings. The molecule has 6 heteroatoms. The average Bonchev–Trinajstić information content (AvgIpc) is 3.02. The third-order valence-electron chi connectivity index (χ3n) is 4.84. The summed E-state index contributed by atoms with van der Waals surface area (Å²) < 4.78 is 5.29. The molecule has 0 spiro atoms. The van der Waals surface area contributed by atoms with Gasteiger partial charge in [-0.2, -0.15) is 0 Å². The second kappa shape index (κ2) is 9.46. The number of methoxy groups -OCH3 is 1. The highest BCUT2D eigenvalue weighted by Gasteiger charge is 2.23. The predicted molar refractivity (Wildman–Crippen MR) is 110 cm³/mol. The first-order chi connectivity index (χ1) is 11.3. The highest BCUT2D eigenvalue weighted by atomic mass is 127. The van der Waals surface area contributed by atoms with Crippen LogP contribution in [0.4, 0.5) is 0 Å². The highest BCUT2D eigenvalue weighted by molar-refractivity contribution is 14.0. The zero-order valence-corrected chi connectivity index (χ0v) is 17.0. The number of benzene rings is 1. The van der Waals surface area contributed by atoms with Crippen molar-refractivity contribution in [1.82, 2.24) is 15.1 Å². The van der Waals surface area contributed by atoms with Crippen molar-refractivity contribution in [2.75, 3.05) is 46.9 Å². The fourth-order valence-corrected chi connectivity index (χ4v) is 3.43. The Morgan fingerprint density at radius 3 is 2.42 bits per heavy atom. The summed E-state index contributed by atoms with van der Waals surface area (Å²) in [6.45, 7) is 5.17. The number of aliphatic imine (C=N–C) groups is 1. The maximum Gasteiger partial charge on any atom is 0.193 e.